The highest BCUT2D eigenvalue weighted by Gasteiger charge is 2.14. The first-order valence-electron chi connectivity index (χ1n) is 10.1. The van der Waals surface area contributed by atoms with Crippen LogP contribution in [0.1, 0.15) is 38.7 Å². The van der Waals surface area contributed by atoms with Gasteiger partial charge in [0.2, 0.25) is 0 Å². The quantitative estimate of drug-likeness (QED) is 0.420. The van der Waals surface area contributed by atoms with Crippen molar-refractivity contribution in [1.82, 2.24) is 14.8 Å². The molecule has 4 aromatic rings. The third-order valence-corrected chi connectivity index (χ3v) is 5.03. The molecule has 8 nitrogen and oxygen atoms in total. The van der Waals surface area contributed by atoms with E-state index in [2.05, 4.69) is 15.4 Å². The number of benzene rings is 2. The Labute approximate surface area is 184 Å². The number of hydrogen-bond acceptors (Lipinski definition) is 6. The van der Waals surface area contributed by atoms with E-state index < -0.39 is 0 Å². The Morgan fingerprint density at radius 1 is 1.09 bits per heavy atom. The molecule has 0 aliphatic heterocycles. The van der Waals surface area contributed by atoms with Crippen molar-refractivity contribution in [2.75, 3.05) is 12.4 Å². The van der Waals surface area contributed by atoms with Gasteiger partial charge in [0.05, 0.1) is 12.8 Å². The van der Waals surface area contributed by atoms with Gasteiger partial charge in [0.1, 0.15) is 24.2 Å². The highest BCUT2D eigenvalue weighted by atomic mass is 16.5. The van der Waals surface area contributed by atoms with E-state index in [1.165, 1.54) is 6.33 Å². The molecule has 32 heavy (non-hydrogen) atoms. The number of carbonyl (C=O) groups excluding carboxylic acids is 2. The van der Waals surface area contributed by atoms with Crippen LogP contribution in [0.5, 0.6) is 5.75 Å². The molecule has 162 valence electrons. The van der Waals surface area contributed by atoms with E-state index in [9.17, 15) is 9.59 Å². The predicted octanol–water partition coefficient (Wildman–Crippen LogP) is 4.25. The van der Waals surface area contributed by atoms with Crippen molar-refractivity contribution in [2.24, 2.45) is 0 Å². The Bertz CT molecular complexity index is 1230. The maximum Gasteiger partial charge on any atom is 0.291 e. The van der Waals surface area contributed by atoms with Crippen molar-refractivity contribution >= 4 is 17.4 Å². The number of nitrogens with zero attached hydrogens (tertiary/aromatic N) is 3. The molecular formula is C24H22N4O4. The van der Waals surface area contributed by atoms with E-state index >= 15 is 0 Å². The summed E-state index contributed by atoms with van der Waals surface area (Å²) in [5.41, 5.74) is 2.98. The van der Waals surface area contributed by atoms with Gasteiger partial charge in [-0.1, -0.05) is 0 Å². The largest absolute Gasteiger partial charge is 0.497 e. The minimum atomic E-state index is -0.359. The summed E-state index contributed by atoms with van der Waals surface area (Å²) in [7, 11) is 1.59. The van der Waals surface area contributed by atoms with Gasteiger partial charge in [0.15, 0.2) is 11.5 Å². The predicted molar refractivity (Wildman–Crippen MR) is 118 cm³/mol. The molecule has 2 aromatic heterocycles. The Balaban J connectivity index is 1.34. The zero-order valence-electron chi connectivity index (χ0n) is 17.7. The lowest BCUT2D eigenvalue weighted by Crippen LogP contribution is -2.11. The van der Waals surface area contributed by atoms with Crippen LogP contribution in [-0.4, -0.2) is 33.6 Å². The maximum atomic E-state index is 12.6. The number of aromatic nitrogens is 3. The average Bonchev–Trinajstić information content (AvgIpc) is 3.50. The summed E-state index contributed by atoms with van der Waals surface area (Å²) in [6.07, 6.45) is 3.74. The van der Waals surface area contributed by atoms with Gasteiger partial charge in [-0.2, -0.15) is 5.10 Å². The molecule has 0 aliphatic rings. The van der Waals surface area contributed by atoms with Gasteiger partial charge in [0, 0.05) is 24.1 Å². The molecule has 0 radical (unpaired) electrons. The molecule has 0 saturated carbocycles. The number of amides is 1. The normalized spacial score (nSPS) is 10.7. The van der Waals surface area contributed by atoms with Gasteiger partial charge in [-0.05, 0) is 67.1 Å². The number of ketones is 1. The second-order valence-corrected chi connectivity index (χ2v) is 7.21. The van der Waals surface area contributed by atoms with Crippen LogP contribution in [0.2, 0.25) is 0 Å². The van der Waals surface area contributed by atoms with Gasteiger partial charge in [-0.15, -0.1) is 0 Å². The van der Waals surface area contributed by atoms with Crippen LogP contribution >= 0.6 is 0 Å². The molecule has 1 N–H and O–H groups in total. The summed E-state index contributed by atoms with van der Waals surface area (Å²) in [5, 5.41) is 6.86. The van der Waals surface area contributed by atoms with Crippen LogP contribution in [0.3, 0.4) is 0 Å². The Morgan fingerprint density at radius 2 is 1.91 bits per heavy atom. The second-order valence-electron chi connectivity index (χ2n) is 7.21. The first-order chi connectivity index (χ1) is 15.5. The highest BCUT2D eigenvalue weighted by molar-refractivity contribution is 6.02. The Hall–Kier alpha value is -4.20. The van der Waals surface area contributed by atoms with E-state index in [1.54, 1.807) is 54.5 Å². The molecule has 8 heteroatoms. The first kappa shape index (κ1) is 21.0. The van der Waals surface area contributed by atoms with Crippen LogP contribution in [0.4, 0.5) is 5.69 Å². The Kier molecular flexibility index (Phi) is 6.12. The van der Waals surface area contributed by atoms with E-state index in [0.29, 0.717) is 29.2 Å². The fraction of sp³-hybridized carbons (Fsp3) is 0.167. The standard InChI is InChI=1S/C24H22N4O4/c1-16-13-20(31-2)7-10-21(16)22(29)11-8-19-9-12-23(32-19)24(30)27-17-3-5-18(6-4-17)28-15-25-14-26-28/h3-7,9-10,12-15H,8,11H2,1-2H3,(H,27,30). The number of anilines is 1. The van der Waals surface area contributed by atoms with Gasteiger partial charge in [-0.25, -0.2) is 9.67 Å². The van der Waals surface area contributed by atoms with Crippen molar-refractivity contribution in [3.63, 3.8) is 0 Å². The minimum absolute atomic E-state index is 0.0139. The number of rotatable bonds is 8. The van der Waals surface area contributed by atoms with Gasteiger partial charge >= 0.3 is 0 Å². The molecular weight excluding hydrogens is 408 g/mol. The van der Waals surface area contributed by atoms with Crippen molar-refractivity contribution in [3.05, 3.63) is 89.9 Å². The lowest BCUT2D eigenvalue weighted by molar-refractivity contribution is 0.0980. The van der Waals surface area contributed by atoms with E-state index in [4.69, 9.17) is 9.15 Å². The molecule has 0 aliphatic carbocycles. The molecule has 0 spiro atoms. The third-order valence-electron chi connectivity index (χ3n) is 5.03. The summed E-state index contributed by atoms with van der Waals surface area (Å²) in [6.45, 7) is 1.88. The SMILES string of the molecule is COc1ccc(C(=O)CCc2ccc(C(=O)Nc3ccc(-n4cncn4)cc3)o2)c(C)c1. The second kappa shape index (κ2) is 9.30. The molecule has 0 fully saturated rings. The van der Waals surface area contributed by atoms with E-state index in [0.717, 1.165) is 11.3 Å². The van der Waals surface area contributed by atoms with E-state index in [1.807, 2.05) is 25.1 Å². The number of ether oxygens (including phenoxy) is 1. The van der Waals surface area contributed by atoms with Gasteiger partial charge < -0.3 is 14.5 Å². The van der Waals surface area contributed by atoms with Crippen molar-refractivity contribution in [1.29, 1.82) is 0 Å². The summed E-state index contributed by atoms with van der Waals surface area (Å²) in [4.78, 5) is 29.0. The fourth-order valence-electron chi connectivity index (χ4n) is 3.31. The number of nitrogens with one attached hydrogen (secondary N) is 1. The lowest BCUT2D eigenvalue weighted by atomic mass is 10.0. The smallest absolute Gasteiger partial charge is 0.291 e. The first-order valence-corrected chi connectivity index (χ1v) is 10.1. The molecule has 4 rings (SSSR count). The van der Waals surface area contributed by atoms with Crippen LogP contribution < -0.4 is 10.1 Å². The molecule has 1 amide bonds. The van der Waals surface area contributed by atoms with Crippen molar-refractivity contribution in [2.45, 2.75) is 19.8 Å². The van der Waals surface area contributed by atoms with Crippen LogP contribution in [0, 0.1) is 6.92 Å². The molecule has 2 aromatic carbocycles. The molecule has 2 heterocycles. The van der Waals surface area contributed by atoms with Gasteiger partial charge in [0.25, 0.3) is 5.91 Å². The number of carbonyl (C=O) groups is 2. The number of furan rings is 1. The van der Waals surface area contributed by atoms with Crippen molar-refractivity contribution < 1.29 is 18.7 Å². The number of methoxy groups -OCH3 is 1. The van der Waals surface area contributed by atoms with Crippen LogP contribution in [-0.2, 0) is 6.42 Å². The van der Waals surface area contributed by atoms with E-state index in [-0.39, 0.29) is 23.9 Å². The summed E-state index contributed by atoms with van der Waals surface area (Å²) >= 11 is 0. The van der Waals surface area contributed by atoms with Crippen LogP contribution in [0.25, 0.3) is 5.69 Å². The molecule has 0 saturated heterocycles. The maximum absolute atomic E-state index is 12.6. The number of Topliss-reactive ketones (excluding diaryl/α,β-unsaturated/α-hetero) is 1. The molecule has 0 unspecified atom stereocenters. The summed E-state index contributed by atoms with van der Waals surface area (Å²) < 4.78 is 12.4. The average molecular weight is 430 g/mol. The summed E-state index contributed by atoms with van der Waals surface area (Å²) in [6, 6.07) is 15.9. The fourth-order valence-corrected chi connectivity index (χ4v) is 3.31. The third kappa shape index (κ3) is 4.75. The Morgan fingerprint density at radius 3 is 2.59 bits per heavy atom. The summed E-state index contributed by atoms with van der Waals surface area (Å²) in [5.74, 6) is 1.14. The van der Waals surface area contributed by atoms with Crippen LogP contribution in [0.15, 0.2) is 71.7 Å². The monoisotopic (exact) mass is 430 g/mol. The number of aryl methyl sites for hydroxylation is 2. The highest BCUT2D eigenvalue weighted by Crippen LogP contribution is 2.20. The minimum Gasteiger partial charge on any atom is -0.497 e. The molecule has 0 atom stereocenters. The number of hydrogen-bond donors (Lipinski definition) is 1. The molecule has 0 bridgehead atoms. The van der Waals surface area contributed by atoms with Crippen molar-refractivity contribution in [3.8, 4) is 11.4 Å². The topological polar surface area (TPSA) is 99.2 Å². The lowest BCUT2D eigenvalue weighted by Gasteiger charge is -2.07. The zero-order valence-corrected chi connectivity index (χ0v) is 17.7. The zero-order chi connectivity index (χ0) is 22.5. The van der Waals surface area contributed by atoms with Gasteiger partial charge in [-0.3, -0.25) is 9.59 Å².